The average molecular weight is 310 g/mol. The molecule has 0 saturated heterocycles. The third-order valence-electron chi connectivity index (χ3n) is 3.31. The van der Waals surface area contributed by atoms with E-state index in [1.165, 1.54) is 34.7 Å². The highest BCUT2D eigenvalue weighted by Crippen LogP contribution is 2.31. The molecule has 0 aliphatic heterocycles. The van der Waals surface area contributed by atoms with E-state index in [2.05, 4.69) is 4.98 Å². The molecule has 0 unspecified atom stereocenters. The Labute approximate surface area is 122 Å². The second kappa shape index (κ2) is 5.10. The summed E-state index contributed by atoms with van der Waals surface area (Å²) >= 11 is 0. The molecule has 2 heterocycles. The van der Waals surface area contributed by atoms with Crippen molar-refractivity contribution >= 4 is 5.65 Å². The van der Waals surface area contributed by atoms with Crippen molar-refractivity contribution in [3.63, 3.8) is 0 Å². The molecule has 22 heavy (non-hydrogen) atoms. The van der Waals surface area contributed by atoms with E-state index < -0.39 is 24.2 Å². The number of fused-ring (bicyclic) bond motifs is 1. The summed E-state index contributed by atoms with van der Waals surface area (Å²) in [4.78, 5) is 4.22. The van der Waals surface area contributed by atoms with Crippen LogP contribution in [0, 0.1) is 5.82 Å². The topological polar surface area (TPSA) is 37.5 Å². The smallest absolute Gasteiger partial charge is 0.390 e. The highest BCUT2D eigenvalue weighted by Gasteiger charge is 2.31. The van der Waals surface area contributed by atoms with Gasteiger partial charge in [0.05, 0.1) is 23.6 Å². The summed E-state index contributed by atoms with van der Waals surface area (Å²) in [6.07, 6.45) is -3.60. The molecule has 0 spiro atoms. The maximum absolute atomic E-state index is 13.0. The molecule has 1 N–H and O–H groups in total. The van der Waals surface area contributed by atoms with Gasteiger partial charge in [-0.3, -0.25) is 0 Å². The van der Waals surface area contributed by atoms with Crippen molar-refractivity contribution in [2.75, 3.05) is 0 Å². The largest absolute Gasteiger partial charge is 0.417 e. The van der Waals surface area contributed by atoms with Crippen LogP contribution in [-0.4, -0.2) is 14.5 Å². The number of alkyl halides is 3. The van der Waals surface area contributed by atoms with Gasteiger partial charge in [-0.2, -0.15) is 13.2 Å². The van der Waals surface area contributed by atoms with Crippen LogP contribution >= 0.6 is 0 Å². The molecule has 0 bridgehead atoms. The van der Waals surface area contributed by atoms with Crippen molar-refractivity contribution in [2.45, 2.75) is 12.8 Å². The Bertz CT molecular complexity index is 822. The number of nitrogens with zero attached hydrogens (tertiary/aromatic N) is 2. The quantitative estimate of drug-likeness (QED) is 0.734. The zero-order valence-corrected chi connectivity index (χ0v) is 11.1. The number of aromatic nitrogens is 2. The zero-order chi connectivity index (χ0) is 15.9. The summed E-state index contributed by atoms with van der Waals surface area (Å²) in [7, 11) is 0. The van der Waals surface area contributed by atoms with Crippen LogP contribution in [0.1, 0.15) is 11.3 Å². The van der Waals surface area contributed by atoms with E-state index in [0.29, 0.717) is 11.3 Å². The highest BCUT2D eigenvalue weighted by atomic mass is 19.4. The van der Waals surface area contributed by atoms with Gasteiger partial charge < -0.3 is 9.51 Å². The maximum atomic E-state index is 13.0. The SMILES string of the molecule is OCc1c(-c2ccc(F)cc2)nc2ccc(C(F)(F)F)cn12. The van der Waals surface area contributed by atoms with E-state index in [0.717, 1.165) is 12.3 Å². The molecule has 0 radical (unpaired) electrons. The number of halogens is 4. The van der Waals surface area contributed by atoms with E-state index in [1.54, 1.807) is 0 Å². The van der Waals surface area contributed by atoms with Gasteiger partial charge in [0.2, 0.25) is 0 Å². The molecule has 2 aromatic heterocycles. The predicted octanol–water partition coefficient (Wildman–Crippen LogP) is 3.65. The Morgan fingerprint density at radius 1 is 1.05 bits per heavy atom. The lowest BCUT2D eigenvalue weighted by atomic mass is 10.1. The number of hydrogen-bond acceptors (Lipinski definition) is 2. The number of benzene rings is 1. The molecule has 0 saturated carbocycles. The summed E-state index contributed by atoms with van der Waals surface area (Å²) in [5, 5.41) is 9.50. The molecule has 0 amide bonds. The van der Waals surface area contributed by atoms with Gasteiger partial charge in [0.15, 0.2) is 0 Å². The molecule has 0 aliphatic rings. The predicted molar refractivity (Wildman–Crippen MR) is 71.5 cm³/mol. The summed E-state index contributed by atoms with van der Waals surface area (Å²) in [6, 6.07) is 7.53. The first-order chi connectivity index (χ1) is 10.4. The van der Waals surface area contributed by atoms with Gasteiger partial charge in [0.25, 0.3) is 0 Å². The van der Waals surface area contributed by atoms with Crippen LogP contribution in [-0.2, 0) is 12.8 Å². The van der Waals surface area contributed by atoms with Gasteiger partial charge in [0.1, 0.15) is 11.5 Å². The van der Waals surface area contributed by atoms with Crippen LogP contribution in [0.15, 0.2) is 42.6 Å². The van der Waals surface area contributed by atoms with Crippen LogP contribution in [0.3, 0.4) is 0 Å². The molecule has 3 aromatic rings. The summed E-state index contributed by atoms with van der Waals surface area (Å²) in [5.41, 5.74) is 0.492. The zero-order valence-electron chi connectivity index (χ0n) is 11.1. The van der Waals surface area contributed by atoms with E-state index in [9.17, 15) is 22.7 Å². The summed E-state index contributed by atoms with van der Waals surface area (Å²) in [6.45, 7) is -0.491. The van der Waals surface area contributed by atoms with Crippen LogP contribution < -0.4 is 0 Å². The summed E-state index contributed by atoms with van der Waals surface area (Å²) in [5.74, 6) is -0.433. The summed E-state index contributed by atoms with van der Waals surface area (Å²) < 4.78 is 52.5. The Morgan fingerprint density at radius 3 is 2.32 bits per heavy atom. The molecule has 3 nitrogen and oxygen atoms in total. The van der Waals surface area contributed by atoms with E-state index in [1.807, 2.05) is 0 Å². The Kier molecular flexibility index (Phi) is 3.37. The third-order valence-corrected chi connectivity index (χ3v) is 3.31. The fourth-order valence-corrected chi connectivity index (χ4v) is 2.25. The normalized spacial score (nSPS) is 12.0. The second-order valence-electron chi connectivity index (χ2n) is 4.72. The van der Waals surface area contributed by atoms with Crippen LogP contribution in [0.25, 0.3) is 16.9 Å². The first-order valence-electron chi connectivity index (χ1n) is 6.35. The number of pyridine rings is 1. The molecular weight excluding hydrogens is 300 g/mol. The molecule has 114 valence electrons. The van der Waals surface area contributed by atoms with Gasteiger partial charge in [-0.05, 0) is 36.4 Å². The monoisotopic (exact) mass is 310 g/mol. The minimum atomic E-state index is -4.48. The lowest BCUT2D eigenvalue weighted by molar-refractivity contribution is -0.137. The minimum Gasteiger partial charge on any atom is -0.390 e. The molecule has 0 atom stereocenters. The molecule has 3 rings (SSSR count). The third kappa shape index (κ3) is 2.43. The first-order valence-corrected chi connectivity index (χ1v) is 6.35. The van der Waals surface area contributed by atoms with Crippen molar-refractivity contribution in [1.29, 1.82) is 0 Å². The van der Waals surface area contributed by atoms with Crippen molar-refractivity contribution in [3.8, 4) is 11.3 Å². The fourth-order valence-electron chi connectivity index (χ4n) is 2.25. The Balaban J connectivity index is 2.22. The van der Waals surface area contributed by atoms with Gasteiger partial charge in [-0.1, -0.05) is 0 Å². The van der Waals surface area contributed by atoms with Crippen molar-refractivity contribution < 1.29 is 22.7 Å². The molecule has 7 heteroatoms. The van der Waals surface area contributed by atoms with Crippen LogP contribution in [0.5, 0.6) is 0 Å². The van der Waals surface area contributed by atoms with Crippen LogP contribution in [0.2, 0.25) is 0 Å². The van der Waals surface area contributed by atoms with Crippen molar-refractivity contribution in [1.82, 2.24) is 9.38 Å². The highest BCUT2D eigenvalue weighted by molar-refractivity contribution is 5.66. The first kappa shape index (κ1) is 14.5. The van der Waals surface area contributed by atoms with E-state index in [-0.39, 0.29) is 11.3 Å². The second-order valence-corrected chi connectivity index (χ2v) is 4.72. The molecular formula is C15H10F4N2O. The van der Waals surface area contributed by atoms with E-state index >= 15 is 0 Å². The van der Waals surface area contributed by atoms with Gasteiger partial charge in [0, 0.05) is 11.8 Å². The lowest BCUT2D eigenvalue weighted by Crippen LogP contribution is -2.07. The number of imidazole rings is 1. The minimum absolute atomic E-state index is 0.215. The molecule has 1 aromatic carbocycles. The number of aliphatic hydroxyl groups excluding tert-OH is 1. The van der Waals surface area contributed by atoms with Gasteiger partial charge >= 0.3 is 6.18 Å². The number of aliphatic hydroxyl groups is 1. The molecule has 0 fully saturated rings. The van der Waals surface area contributed by atoms with E-state index in [4.69, 9.17) is 0 Å². The Morgan fingerprint density at radius 2 is 1.73 bits per heavy atom. The number of hydrogen-bond donors (Lipinski definition) is 1. The molecule has 0 aliphatic carbocycles. The van der Waals surface area contributed by atoms with Crippen LogP contribution in [0.4, 0.5) is 17.6 Å². The average Bonchev–Trinajstić information content (AvgIpc) is 2.84. The lowest BCUT2D eigenvalue weighted by Gasteiger charge is -2.07. The number of rotatable bonds is 2. The standard InChI is InChI=1S/C15H10F4N2O/c16-11-4-1-9(2-5-11)14-12(8-22)21-7-10(15(17,18)19)3-6-13(21)20-14/h1-7,22H,8H2. The Hall–Kier alpha value is -2.41. The van der Waals surface area contributed by atoms with Gasteiger partial charge in [-0.15, -0.1) is 0 Å². The van der Waals surface area contributed by atoms with Crippen molar-refractivity contribution in [3.05, 3.63) is 59.7 Å². The fraction of sp³-hybridized carbons (Fsp3) is 0.133. The maximum Gasteiger partial charge on any atom is 0.417 e. The van der Waals surface area contributed by atoms with Gasteiger partial charge in [-0.25, -0.2) is 9.37 Å². The van der Waals surface area contributed by atoms with Crippen molar-refractivity contribution in [2.24, 2.45) is 0 Å².